The largest absolute Gasteiger partial charge is 0.364 e. The molecule has 2 atom stereocenters. The molecule has 2 aromatic rings. The van der Waals surface area contributed by atoms with Gasteiger partial charge in [0, 0.05) is 48.7 Å². The molecule has 1 amide bonds. The molecule has 0 spiro atoms. The average molecular weight is 427 g/mol. The lowest BCUT2D eigenvalue weighted by atomic mass is 10.1. The molecule has 2 saturated heterocycles. The van der Waals surface area contributed by atoms with Crippen LogP contribution in [0.1, 0.15) is 23.5 Å². The lowest BCUT2D eigenvalue weighted by Crippen LogP contribution is -2.44. The third-order valence-electron chi connectivity index (χ3n) is 6.93. The highest BCUT2D eigenvalue weighted by atomic mass is 16.2. The van der Waals surface area contributed by atoms with E-state index in [9.17, 15) is 4.79 Å². The number of carbonyl (C=O) groups excluding carboxylic acids is 1. The quantitative estimate of drug-likeness (QED) is 0.739. The van der Waals surface area contributed by atoms with Crippen LogP contribution in [0.25, 0.3) is 11.1 Å². The van der Waals surface area contributed by atoms with E-state index in [4.69, 9.17) is 5.10 Å². The number of rotatable bonds is 2. The van der Waals surface area contributed by atoms with Crippen molar-refractivity contribution in [2.24, 2.45) is 0 Å². The molecule has 0 aliphatic carbocycles. The number of fused-ring (bicyclic) bond motifs is 4. The van der Waals surface area contributed by atoms with E-state index in [1.54, 1.807) is 11.0 Å². The maximum Gasteiger partial charge on any atom is 0.255 e. The Morgan fingerprint density at radius 1 is 1.06 bits per heavy atom. The Morgan fingerprint density at radius 2 is 1.91 bits per heavy atom. The molecule has 2 fully saturated rings. The van der Waals surface area contributed by atoms with Crippen molar-refractivity contribution >= 4 is 17.0 Å². The van der Waals surface area contributed by atoms with E-state index >= 15 is 0 Å². The van der Waals surface area contributed by atoms with Crippen molar-refractivity contribution in [3.05, 3.63) is 83.4 Å². The van der Waals surface area contributed by atoms with E-state index in [2.05, 4.69) is 27.9 Å². The smallest absolute Gasteiger partial charge is 0.255 e. The minimum atomic E-state index is -0.0676. The molecule has 0 aromatic carbocycles. The lowest BCUT2D eigenvalue weighted by Gasteiger charge is -2.36. The molecular formula is C25H26N6O. The molecule has 0 unspecified atom stereocenters. The number of hydrogen-bond donors (Lipinski definition) is 0. The minimum Gasteiger partial charge on any atom is -0.364 e. The predicted octanol–water partition coefficient (Wildman–Crippen LogP) is 2.81. The summed E-state index contributed by atoms with van der Waals surface area (Å²) in [5.74, 6) is -0.0676. The summed E-state index contributed by atoms with van der Waals surface area (Å²) in [5.41, 5.74) is 6.32. The number of aromatic nitrogens is 3. The molecule has 6 rings (SSSR count). The van der Waals surface area contributed by atoms with Gasteiger partial charge in [0.2, 0.25) is 0 Å². The van der Waals surface area contributed by atoms with Crippen LogP contribution in [0.5, 0.6) is 0 Å². The van der Waals surface area contributed by atoms with Gasteiger partial charge in [-0.3, -0.25) is 19.6 Å². The Hall–Kier alpha value is -3.45. The van der Waals surface area contributed by atoms with Gasteiger partial charge >= 0.3 is 0 Å². The molecule has 7 heteroatoms. The molecule has 0 radical (unpaired) electrons. The van der Waals surface area contributed by atoms with E-state index in [-0.39, 0.29) is 5.91 Å². The fourth-order valence-corrected chi connectivity index (χ4v) is 5.27. The number of piperazine rings is 1. The number of aryl methyl sites for hydroxylation is 2. The normalized spacial score (nSPS) is 26.7. The second kappa shape index (κ2) is 7.03. The number of hydrogen-bond acceptors (Lipinski definition) is 5. The summed E-state index contributed by atoms with van der Waals surface area (Å²) >= 11 is 0. The van der Waals surface area contributed by atoms with Gasteiger partial charge in [0.1, 0.15) is 0 Å². The molecule has 7 nitrogen and oxygen atoms in total. The summed E-state index contributed by atoms with van der Waals surface area (Å²) in [6.07, 6.45) is 16.9. The fraction of sp³-hybridized carbons (Fsp3) is 0.320. The number of allylic oxidation sites excluding steroid dienone is 6. The van der Waals surface area contributed by atoms with Crippen molar-refractivity contribution in [2.75, 3.05) is 20.1 Å². The Kier molecular flexibility index (Phi) is 4.23. The molecule has 32 heavy (non-hydrogen) atoms. The topological polar surface area (TPSA) is 57.0 Å². The van der Waals surface area contributed by atoms with Gasteiger partial charge in [-0.2, -0.15) is 5.10 Å². The molecule has 6 heterocycles. The Balaban J connectivity index is 1.34. The monoisotopic (exact) mass is 426 g/mol. The maximum atomic E-state index is 13.3. The van der Waals surface area contributed by atoms with Crippen LogP contribution < -0.4 is 0 Å². The average Bonchev–Trinajstić information content (AvgIpc) is 3.45. The lowest BCUT2D eigenvalue weighted by molar-refractivity contribution is -0.122. The standard InChI is InChI=1S/C25H26N6O/c1-16-12-31-24(17(2)26-16)11-23(27-31)18-5-4-6-19-7-8-20(14-30(19)25(32)9-18)29-15-21-10-22(29)13-28(21)3/h4-9,11-12,14,21-22H,10,13,15H2,1-3H3/b5-4?,18-9?,19-6+/t21-,22-/m0/s1. The molecule has 0 saturated carbocycles. The third-order valence-corrected chi connectivity index (χ3v) is 6.93. The molecule has 162 valence electrons. The van der Waals surface area contributed by atoms with E-state index < -0.39 is 0 Å². The maximum absolute atomic E-state index is 13.3. The summed E-state index contributed by atoms with van der Waals surface area (Å²) in [5, 5.41) is 4.70. The highest BCUT2D eigenvalue weighted by Gasteiger charge is 2.42. The zero-order chi connectivity index (χ0) is 22.0. The summed E-state index contributed by atoms with van der Waals surface area (Å²) in [4.78, 5) is 24.5. The van der Waals surface area contributed by atoms with Crippen molar-refractivity contribution in [1.82, 2.24) is 29.3 Å². The van der Waals surface area contributed by atoms with Crippen LogP contribution in [-0.2, 0) is 4.79 Å². The molecule has 2 bridgehead atoms. The Labute approximate surface area is 187 Å². The van der Waals surface area contributed by atoms with Gasteiger partial charge in [-0.05, 0) is 51.6 Å². The number of nitrogens with zero attached hydrogens (tertiary/aromatic N) is 6. The van der Waals surface area contributed by atoms with Gasteiger partial charge in [-0.1, -0.05) is 12.2 Å². The number of likely N-dealkylation sites (tertiary alicyclic amines) is 2. The minimum absolute atomic E-state index is 0.0676. The molecule has 0 N–H and O–H groups in total. The highest BCUT2D eigenvalue weighted by molar-refractivity contribution is 5.99. The summed E-state index contributed by atoms with van der Waals surface area (Å²) < 4.78 is 1.84. The van der Waals surface area contributed by atoms with Crippen molar-refractivity contribution in [3.8, 4) is 0 Å². The van der Waals surface area contributed by atoms with Crippen LogP contribution in [0.4, 0.5) is 0 Å². The van der Waals surface area contributed by atoms with Gasteiger partial charge in [0.15, 0.2) is 0 Å². The van der Waals surface area contributed by atoms with Gasteiger partial charge in [0.25, 0.3) is 5.91 Å². The first-order chi connectivity index (χ1) is 15.5. The van der Waals surface area contributed by atoms with Crippen molar-refractivity contribution in [1.29, 1.82) is 0 Å². The van der Waals surface area contributed by atoms with Crippen LogP contribution in [-0.4, -0.2) is 67.4 Å². The Morgan fingerprint density at radius 3 is 2.69 bits per heavy atom. The van der Waals surface area contributed by atoms with Gasteiger partial charge in [-0.25, -0.2) is 4.52 Å². The zero-order valence-electron chi connectivity index (χ0n) is 18.6. The summed E-state index contributed by atoms with van der Waals surface area (Å²) in [6.45, 7) is 6.04. The third kappa shape index (κ3) is 3.04. The molecule has 4 aliphatic rings. The predicted molar refractivity (Wildman–Crippen MR) is 123 cm³/mol. The first kappa shape index (κ1) is 19.3. The molecule has 4 aliphatic heterocycles. The van der Waals surface area contributed by atoms with Crippen LogP contribution >= 0.6 is 0 Å². The number of likely N-dealkylation sites (N-methyl/N-ethyl adjacent to an activating group) is 1. The van der Waals surface area contributed by atoms with Gasteiger partial charge < -0.3 is 4.90 Å². The Bertz CT molecular complexity index is 1290. The van der Waals surface area contributed by atoms with Gasteiger partial charge in [-0.15, -0.1) is 0 Å². The van der Waals surface area contributed by atoms with E-state index in [0.29, 0.717) is 12.1 Å². The SMILES string of the molecule is Cc1cn2nc(C3=CC(=O)N4C=C(N5C[C@@H]6C[C@H]5CN6C)C=C/C4=C\C=C3)cc2c(C)n1. The number of carbonyl (C=O) groups is 1. The van der Waals surface area contributed by atoms with Crippen LogP contribution in [0.3, 0.4) is 0 Å². The second-order valence-electron chi connectivity index (χ2n) is 9.11. The molecular weight excluding hydrogens is 400 g/mol. The second-order valence-corrected chi connectivity index (χ2v) is 9.11. The van der Waals surface area contributed by atoms with Crippen LogP contribution in [0.2, 0.25) is 0 Å². The van der Waals surface area contributed by atoms with Crippen LogP contribution in [0.15, 0.2) is 66.3 Å². The summed E-state index contributed by atoms with van der Waals surface area (Å²) in [6, 6.07) is 3.13. The molecule has 2 aromatic heterocycles. The fourth-order valence-electron chi connectivity index (χ4n) is 5.27. The van der Waals surface area contributed by atoms with E-state index in [0.717, 1.165) is 52.7 Å². The zero-order valence-corrected chi connectivity index (χ0v) is 18.6. The van der Waals surface area contributed by atoms with Gasteiger partial charge in [0.05, 0.1) is 34.5 Å². The number of amides is 1. The highest BCUT2D eigenvalue weighted by Crippen LogP contribution is 2.34. The first-order valence-electron chi connectivity index (χ1n) is 11.1. The van der Waals surface area contributed by atoms with Crippen molar-refractivity contribution < 1.29 is 4.79 Å². The van der Waals surface area contributed by atoms with Crippen molar-refractivity contribution in [3.63, 3.8) is 0 Å². The van der Waals surface area contributed by atoms with Crippen LogP contribution in [0, 0.1) is 13.8 Å². The van der Waals surface area contributed by atoms with Crippen molar-refractivity contribution in [2.45, 2.75) is 32.4 Å². The summed E-state index contributed by atoms with van der Waals surface area (Å²) in [7, 11) is 2.20. The first-order valence-corrected chi connectivity index (χ1v) is 11.1. The van der Waals surface area contributed by atoms with E-state index in [1.807, 2.05) is 61.1 Å². The van der Waals surface area contributed by atoms with E-state index in [1.165, 1.54) is 6.42 Å².